The number of benzene rings is 3. The Morgan fingerprint density at radius 2 is 1.78 bits per heavy atom. The van der Waals surface area contributed by atoms with Crippen LogP contribution in [0.4, 0.5) is 11.4 Å². The summed E-state index contributed by atoms with van der Waals surface area (Å²) in [6.45, 7) is 2.55. The van der Waals surface area contributed by atoms with E-state index in [0.717, 1.165) is 33.5 Å². The van der Waals surface area contributed by atoms with Crippen LogP contribution in [0.15, 0.2) is 78.9 Å². The smallest absolute Gasteiger partial charge is 0.268 e. The molecule has 6 nitrogen and oxygen atoms in total. The molecule has 37 heavy (non-hydrogen) atoms. The number of nitrogens with zero attached hydrogens (tertiary/aromatic N) is 1. The zero-order valence-corrected chi connectivity index (χ0v) is 21.8. The lowest BCUT2D eigenvalue weighted by atomic mass is 9.99. The standard InChI is InChI=1S/C29H24ClN3O3S/c1-3-36-20-12-9-18(10-13-20)22-16-21(17-7-5-4-6-8-17)25-26(31)27(37-29(25)33-22)28(34)32-23-15-19(30)11-14-24(23)35-2/h4-16H,3,31H2,1-2H3,(H,32,34). The van der Waals surface area contributed by atoms with E-state index in [1.807, 2.05) is 67.6 Å². The van der Waals surface area contributed by atoms with E-state index in [-0.39, 0.29) is 5.91 Å². The summed E-state index contributed by atoms with van der Waals surface area (Å²) in [5.74, 6) is 0.937. The Labute approximate surface area is 223 Å². The second-order valence-electron chi connectivity index (χ2n) is 8.20. The number of rotatable bonds is 7. The van der Waals surface area contributed by atoms with Crippen molar-refractivity contribution in [1.82, 2.24) is 4.98 Å². The maximum atomic E-state index is 13.4. The van der Waals surface area contributed by atoms with Crippen LogP contribution in [0.5, 0.6) is 11.5 Å². The number of fused-ring (bicyclic) bond motifs is 1. The van der Waals surface area contributed by atoms with Crippen molar-refractivity contribution in [2.75, 3.05) is 24.8 Å². The normalized spacial score (nSPS) is 10.9. The van der Waals surface area contributed by atoms with Crippen LogP contribution < -0.4 is 20.5 Å². The van der Waals surface area contributed by atoms with E-state index in [4.69, 9.17) is 31.8 Å². The van der Waals surface area contributed by atoms with Crippen molar-refractivity contribution in [1.29, 1.82) is 0 Å². The van der Waals surface area contributed by atoms with Crippen molar-refractivity contribution >= 4 is 50.4 Å². The van der Waals surface area contributed by atoms with E-state index in [2.05, 4.69) is 5.32 Å². The second-order valence-corrected chi connectivity index (χ2v) is 9.64. The van der Waals surface area contributed by atoms with E-state index >= 15 is 0 Å². The van der Waals surface area contributed by atoms with Gasteiger partial charge in [0.2, 0.25) is 0 Å². The molecule has 0 saturated heterocycles. The number of carbonyl (C=O) groups is 1. The number of hydrogen-bond donors (Lipinski definition) is 2. The summed E-state index contributed by atoms with van der Waals surface area (Å²) in [6, 6.07) is 24.8. The molecule has 0 bridgehead atoms. The molecule has 0 spiro atoms. The van der Waals surface area contributed by atoms with Gasteiger partial charge in [-0.05, 0) is 66.6 Å². The molecule has 0 aliphatic heterocycles. The SMILES string of the molecule is CCOc1ccc(-c2cc(-c3ccccc3)c3c(N)c(C(=O)Nc4cc(Cl)ccc4OC)sc3n2)cc1. The molecule has 186 valence electrons. The van der Waals surface area contributed by atoms with Crippen LogP contribution in [-0.4, -0.2) is 24.6 Å². The van der Waals surface area contributed by atoms with E-state index in [1.54, 1.807) is 18.2 Å². The number of thiophene rings is 1. The van der Waals surface area contributed by atoms with Gasteiger partial charge in [0, 0.05) is 16.0 Å². The fourth-order valence-corrected chi connectivity index (χ4v) is 5.32. The van der Waals surface area contributed by atoms with E-state index in [9.17, 15) is 4.79 Å². The van der Waals surface area contributed by atoms with Crippen LogP contribution in [-0.2, 0) is 0 Å². The molecular formula is C29H24ClN3O3S. The molecule has 5 aromatic rings. The molecule has 5 rings (SSSR count). The Kier molecular flexibility index (Phi) is 6.99. The minimum atomic E-state index is -0.359. The zero-order valence-electron chi connectivity index (χ0n) is 20.2. The average Bonchev–Trinajstić information content (AvgIpc) is 3.26. The Hall–Kier alpha value is -4.07. The first-order valence-electron chi connectivity index (χ1n) is 11.6. The van der Waals surface area contributed by atoms with Crippen molar-refractivity contribution in [3.8, 4) is 33.9 Å². The number of halogens is 1. The van der Waals surface area contributed by atoms with Crippen LogP contribution in [0, 0.1) is 0 Å². The lowest BCUT2D eigenvalue weighted by Crippen LogP contribution is -2.12. The topological polar surface area (TPSA) is 86.5 Å². The Bertz CT molecular complexity index is 1580. The number of pyridine rings is 1. The van der Waals surface area contributed by atoms with Gasteiger partial charge >= 0.3 is 0 Å². The van der Waals surface area contributed by atoms with Gasteiger partial charge < -0.3 is 20.5 Å². The molecule has 0 radical (unpaired) electrons. The van der Waals surface area contributed by atoms with Crippen molar-refractivity contribution in [2.24, 2.45) is 0 Å². The third-order valence-corrected chi connectivity index (χ3v) is 7.19. The van der Waals surface area contributed by atoms with Gasteiger partial charge in [0.15, 0.2) is 0 Å². The summed E-state index contributed by atoms with van der Waals surface area (Å²) in [6.07, 6.45) is 0. The largest absolute Gasteiger partial charge is 0.495 e. The number of nitrogens with two attached hydrogens (primary N) is 1. The summed E-state index contributed by atoms with van der Waals surface area (Å²) in [5, 5.41) is 4.11. The van der Waals surface area contributed by atoms with Gasteiger partial charge in [-0.25, -0.2) is 4.98 Å². The van der Waals surface area contributed by atoms with Crippen molar-refractivity contribution < 1.29 is 14.3 Å². The zero-order chi connectivity index (χ0) is 25.9. The van der Waals surface area contributed by atoms with Gasteiger partial charge in [-0.1, -0.05) is 41.9 Å². The molecule has 2 aromatic heterocycles. The third-order valence-electron chi connectivity index (χ3n) is 5.86. The van der Waals surface area contributed by atoms with Crippen molar-refractivity contribution in [2.45, 2.75) is 6.92 Å². The van der Waals surface area contributed by atoms with E-state index in [1.165, 1.54) is 18.4 Å². The maximum absolute atomic E-state index is 13.4. The number of hydrogen-bond acceptors (Lipinski definition) is 6. The number of nitrogens with one attached hydrogen (secondary N) is 1. The number of nitrogen functional groups attached to an aromatic ring is 1. The van der Waals surface area contributed by atoms with Crippen LogP contribution in [0.3, 0.4) is 0 Å². The first-order chi connectivity index (χ1) is 18.0. The Morgan fingerprint density at radius 3 is 2.49 bits per heavy atom. The van der Waals surface area contributed by atoms with Gasteiger partial charge in [-0.2, -0.15) is 0 Å². The minimum absolute atomic E-state index is 0.359. The summed E-state index contributed by atoms with van der Waals surface area (Å²) < 4.78 is 11.0. The highest BCUT2D eigenvalue weighted by Crippen LogP contribution is 2.42. The van der Waals surface area contributed by atoms with Gasteiger partial charge in [0.1, 0.15) is 21.2 Å². The number of methoxy groups -OCH3 is 1. The molecule has 0 fully saturated rings. The number of amides is 1. The van der Waals surface area contributed by atoms with Gasteiger partial charge in [0.05, 0.1) is 30.8 Å². The number of aromatic nitrogens is 1. The van der Waals surface area contributed by atoms with Gasteiger partial charge in [0.25, 0.3) is 5.91 Å². The number of anilines is 2. The highest BCUT2D eigenvalue weighted by atomic mass is 35.5. The predicted octanol–water partition coefficient (Wildman–Crippen LogP) is 7.53. The number of carbonyl (C=O) groups excluding carboxylic acids is 1. The molecule has 2 heterocycles. The molecule has 0 aliphatic rings. The van der Waals surface area contributed by atoms with Crippen LogP contribution >= 0.6 is 22.9 Å². The molecule has 8 heteroatoms. The molecular weight excluding hydrogens is 506 g/mol. The number of ether oxygens (including phenoxy) is 2. The average molecular weight is 530 g/mol. The van der Waals surface area contributed by atoms with Crippen LogP contribution in [0.25, 0.3) is 32.6 Å². The molecule has 0 unspecified atom stereocenters. The first-order valence-corrected chi connectivity index (χ1v) is 12.8. The van der Waals surface area contributed by atoms with Gasteiger partial charge in [-0.15, -0.1) is 11.3 Å². The first kappa shape index (κ1) is 24.6. The minimum Gasteiger partial charge on any atom is -0.495 e. The Morgan fingerprint density at radius 1 is 1.03 bits per heavy atom. The maximum Gasteiger partial charge on any atom is 0.268 e. The van der Waals surface area contributed by atoms with Crippen molar-refractivity contribution in [3.63, 3.8) is 0 Å². The summed E-state index contributed by atoms with van der Waals surface area (Å²) >= 11 is 7.39. The summed E-state index contributed by atoms with van der Waals surface area (Å²) in [4.78, 5) is 19.3. The van der Waals surface area contributed by atoms with E-state index in [0.29, 0.717) is 38.5 Å². The van der Waals surface area contributed by atoms with Crippen LogP contribution in [0.1, 0.15) is 16.6 Å². The summed E-state index contributed by atoms with van der Waals surface area (Å²) in [5.41, 5.74) is 11.0. The van der Waals surface area contributed by atoms with E-state index < -0.39 is 0 Å². The molecule has 0 aliphatic carbocycles. The van der Waals surface area contributed by atoms with Crippen molar-refractivity contribution in [3.05, 3.63) is 88.8 Å². The van der Waals surface area contributed by atoms with Crippen LogP contribution in [0.2, 0.25) is 5.02 Å². The molecule has 0 atom stereocenters. The second kappa shape index (κ2) is 10.5. The lowest BCUT2D eigenvalue weighted by Gasteiger charge is -2.10. The Balaban J connectivity index is 1.62. The molecule has 0 saturated carbocycles. The third kappa shape index (κ3) is 4.96. The molecule has 1 amide bonds. The highest BCUT2D eigenvalue weighted by molar-refractivity contribution is 7.21. The molecule has 3 aromatic carbocycles. The molecule has 3 N–H and O–H groups in total. The quantitative estimate of drug-likeness (QED) is 0.227. The van der Waals surface area contributed by atoms with Gasteiger partial charge in [-0.3, -0.25) is 4.79 Å². The fraction of sp³-hybridized carbons (Fsp3) is 0.103. The lowest BCUT2D eigenvalue weighted by molar-refractivity contribution is 0.103. The summed E-state index contributed by atoms with van der Waals surface area (Å²) in [7, 11) is 1.53. The fourth-order valence-electron chi connectivity index (χ4n) is 4.13. The predicted molar refractivity (Wildman–Crippen MR) is 152 cm³/mol. The highest BCUT2D eigenvalue weighted by Gasteiger charge is 2.22. The monoisotopic (exact) mass is 529 g/mol.